The number of nitrogens with zero attached hydrogens (tertiary/aromatic N) is 2. The van der Waals surface area contributed by atoms with E-state index < -0.39 is 0 Å². The number of carbonyl (C=O) groups is 1. The number of hydrogen-bond donors (Lipinski definition) is 2. The number of hydrogen-bond acceptors (Lipinski definition) is 2. The Balaban J connectivity index is 1.72. The van der Waals surface area contributed by atoms with Crippen LogP contribution < -0.4 is 5.32 Å². The van der Waals surface area contributed by atoms with E-state index in [1.807, 2.05) is 29.2 Å². The number of anilines is 1. The molecule has 0 spiro atoms. The quantitative estimate of drug-likeness (QED) is 0.611. The van der Waals surface area contributed by atoms with E-state index in [0.717, 1.165) is 31.4 Å². The minimum absolute atomic E-state index is 0.0171. The van der Waals surface area contributed by atoms with Gasteiger partial charge in [0.05, 0.1) is 18.1 Å². The summed E-state index contributed by atoms with van der Waals surface area (Å²) in [7, 11) is 0. The van der Waals surface area contributed by atoms with Crippen LogP contribution >= 0.6 is 22.6 Å². The Bertz CT molecular complexity index is 890. The zero-order valence-corrected chi connectivity index (χ0v) is 14.7. The molecule has 3 aromatic rings. The summed E-state index contributed by atoms with van der Waals surface area (Å²) >= 11 is 2.24. The standard InChI is InChI=1S/C17H15IN4O/c1-10(11-5-3-2-4-6-11)22-9-12-7-13-15(20-21-16(13)18)8-14(12)19-17(22)23/h2-8,10H,9H2,1H3,(H,19,23)(H,20,21). The number of halogens is 1. The SMILES string of the molecule is CC(c1ccccc1)N1Cc2cc3c(I)[nH]nc3cc2NC1=O. The smallest absolute Gasteiger partial charge is 0.313 e. The second kappa shape index (κ2) is 5.52. The average Bonchev–Trinajstić information content (AvgIpc) is 2.93. The second-order valence-corrected chi connectivity index (χ2v) is 6.79. The molecule has 1 aromatic heterocycles. The lowest BCUT2D eigenvalue weighted by molar-refractivity contribution is 0.186. The molecule has 1 atom stereocenters. The Hall–Kier alpha value is -2.09. The van der Waals surface area contributed by atoms with Crippen LogP contribution in [-0.4, -0.2) is 21.1 Å². The van der Waals surface area contributed by atoms with Gasteiger partial charge in [-0.2, -0.15) is 5.10 Å². The molecule has 1 aliphatic rings. The van der Waals surface area contributed by atoms with Crippen molar-refractivity contribution in [3.05, 3.63) is 57.3 Å². The fourth-order valence-corrected chi connectivity index (χ4v) is 3.54. The third kappa shape index (κ3) is 2.46. The Morgan fingerprint density at radius 3 is 2.83 bits per heavy atom. The maximum atomic E-state index is 12.5. The van der Waals surface area contributed by atoms with Gasteiger partial charge in [-0.1, -0.05) is 30.3 Å². The molecule has 0 radical (unpaired) electrons. The summed E-state index contributed by atoms with van der Waals surface area (Å²) in [5.41, 5.74) is 3.96. The number of carbonyl (C=O) groups excluding carboxylic acids is 1. The molecule has 0 saturated carbocycles. The first-order valence-corrected chi connectivity index (χ1v) is 8.50. The predicted molar refractivity (Wildman–Crippen MR) is 98.2 cm³/mol. The lowest BCUT2D eigenvalue weighted by Crippen LogP contribution is -2.40. The Morgan fingerprint density at radius 2 is 2.04 bits per heavy atom. The van der Waals surface area contributed by atoms with Crippen LogP contribution in [0.4, 0.5) is 10.5 Å². The maximum Gasteiger partial charge on any atom is 0.322 e. The molecule has 1 aliphatic heterocycles. The summed E-state index contributed by atoms with van der Waals surface area (Å²) in [5, 5.41) is 11.3. The molecule has 2 heterocycles. The van der Waals surface area contributed by atoms with Gasteiger partial charge >= 0.3 is 6.03 Å². The van der Waals surface area contributed by atoms with Crippen molar-refractivity contribution in [3.63, 3.8) is 0 Å². The molecular formula is C17H15IN4O. The van der Waals surface area contributed by atoms with Crippen molar-refractivity contribution in [2.24, 2.45) is 0 Å². The molecule has 2 N–H and O–H groups in total. The van der Waals surface area contributed by atoms with Crippen LogP contribution in [0.25, 0.3) is 10.9 Å². The van der Waals surface area contributed by atoms with Gasteiger partial charge in [0.25, 0.3) is 0 Å². The minimum atomic E-state index is -0.0709. The van der Waals surface area contributed by atoms with Crippen LogP contribution in [0.2, 0.25) is 0 Å². The van der Waals surface area contributed by atoms with E-state index in [2.05, 4.69) is 63.2 Å². The molecule has 2 amide bonds. The molecule has 6 heteroatoms. The number of rotatable bonds is 2. The Morgan fingerprint density at radius 1 is 1.26 bits per heavy atom. The van der Waals surface area contributed by atoms with E-state index >= 15 is 0 Å². The third-order valence-corrected chi connectivity index (χ3v) is 5.15. The van der Waals surface area contributed by atoms with Gasteiger partial charge in [0.2, 0.25) is 0 Å². The van der Waals surface area contributed by atoms with Crippen molar-refractivity contribution < 1.29 is 4.79 Å². The van der Waals surface area contributed by atoms with Crippen molar-refractivity contribution >= 4 is 45.2 Å². The van der Waals surface area contributed by atoms with Gasteiger partial charge in [0.15, 0.2) is 0 Å². The molecule has 0 aliphatic carbocycles. The van der Waals surface area contributed by atoms with Crippen LogP contribution in [0, 0.1) is 3.70 Å². The van der Waals surface area contributed by atoms with Crippen molar-refractivity contribution in [1.29, 1.82) is 0 Å². The number of nitrogens with one attached hydrogen (secondary N) is 2. The maximum absolute atomic E-state index is 12.5. The molecule has 4 rings (SSSR count). The largest absolute Gasteiger partial charge is 0.322 e. The molecule has 0 bridgehead atoms. The molecule has 23 heavy (non-hydrogen) atoms. The van der Waals surface area contributed by atoms with Gasteiger partial charge in [-0.15, -0.1) is 0 Å². The summed E-state index contributed by atoms with van der Waals surface area (Å²) < 4.78 is 1.01. The summed E-state index contributed by atoms with van der Waals surface area (Å²) in [6.07, 6.45) is 0. The zero-order valence-electron chi connectivity index (χ0n) is 12.5. The summed E-state index contributed by atoms with van der Waals surface area (Å²) in [5.74, 6) is 0. The minimum Gasteiger partial charge on any atom is -0.313 e. The van der Waals surface area contributed by atoms with E-state index in [1.54, 1.807) is 0 Å². The second-order valence-electron chi connectivity index (χ2n) is 5.71. The van der Waals surface area contributed by atoms with Gasteiger partial charge in [0, 0.05) is 11.1 Å². The van der Waals surface area contributed by atoms with Crippen molar-refractivity contribution in [2.45, 2.75) is 19.5 Å². The van der Waals surface area contributed by atoms with E-state index in [4.69, 9.17) is 0 Å². The first kappa shape index (κ1) is 14.5. The highest BCUT2D eigenvalue weighted by Crippen LogP contribution is 2.33. The van der Waals surface area contributed by atoms with Crippen molar-refractivity contribution in [1.82, 2.24) is 15.1 Å². The number of H-pyrrole nitrogens is 1. The Labute approximate surface area is 147 Å². The van der Waals surface area contributed by atoms with Gasteiger partial charge < -0.3 is 10.2 Å². The average molecular weight is 418 g/mol. The van der Waals surface area contributed by atoms with Gasteiger partial charge in [-0.05, 0) is 52.8 Å². The highest BCUT2D eigenvalue weighted by molar-refractivity contribution is 14.1. The van der Waals surface area contributed by atoms with Gasteiger partial charge in [0.1, 0.15) is 3.70 Å². The first-order valence-electron chi connectivity index (χ1n) is 7.42. The third-order valence-electron chi connectivity index (χ3n) is 4.33. The summed E-state index contributed by atoms with van der Waals surface area (Å²) in [4.78, 5) is 14.4. The summed E-state index contributed by atoms with van der Waals surface area (Å²) in [6, 6.07) is 14.1. The number of aromatic amines is 1. The van der Waals surface area contributed by atoms with Crippen molar-refractivity contribution in [2.75, 3.05) is 5.32 Å². The molecule has 0 fully saturated rings. The normalized spacial score (nSPS) is 15.4. The predicted octanol–water partition coefficient (Wildman–Crippen LogP) is 4.28. The van der Waals surface area contributed by atoms with Gasteiger partial charge in [-0.3, -0.25) is 5.10 Å². The van der Waals surface area contributed by atoms with Crippen LogP contribution in [0.15, 0.2) is 42.5 Å². The van der Waals surface area contributed by atoms with Gasteiger partial charge in [-0.25, -0.2) is 4.79 Å². The first-order chi connectivity index (χ1) is 11.1. The molecular weight excluding hydrogens is 403 g/mol. The van der Waals surface area contributed by atoms with Crippen LogP contribution in [0.1, 0.15) is 24.1 Å². The molecule has 0 saturated heterocycles. The number of urea groups is 1. The van der Waals surface area contributed by atoms with E-state index in [-0.39, 0.29) is 12.1 Å². The van der Waals surface area contributed by atoms with Crippen LogP contribution in [0.5, 0.6) is 0 Å². The van der Waals surface area contributed by atoms with Crippen molar-refractivity contribution in [3.8, 4) is 0 Å². The summed E-state index contributed by atoms with van der Waals surface area (Å²) in [6.45, 7) is 2.65. The van der Waals surface area contributed by atoms with E-state index in [9.17, 15) is 4.79 Å². The topological polar surface area (TPSA) is 61.0 Å². The molecule has 1 unspecified atom stereocenters. The van der Waals surface area contributed by atoms with Crippen LogP contribution in [-0.2, 0) is 6.54 Å². The van der Waals surface area contributed by atoms with Crippen LogP contribution in [0.3, 0.4) is 0 Å². The van der Waals surface area contributed by atoms with E-state index in [0.29, 0.717) is 6.54 Å². The molecule has 116 valence electrons. The lowest BCUT2D eigenvalue weighted by atomic mass is 10.0. The Kier molecular flexibility index (Phi) is 3.48. The van der Waals surface area contributed by atoms with E-state index in [1.165, 1.54) is 0 Å². The molecule has 2 aromatic carbocycles. The zero-order chi connectivity index (χ0) is 16.0. The number of aromatic nitrogens is 2. The number of benzene rings is 2. The highest BCUT2D eigenvalue weighted by atomic mass is 127. The number of fused-ring (bicyclic) bond motifs is 2. The highest BCUT2D eigenvalue weighted by Gasteiger charge is 2.28. The lowest BCUT2D eigenvalue weighted by Gasteiger charge is -2.34. The fourth-order valence-electron chi connectivity index (χ4n) is 2.98. The number of amides is 2. The fraction of sp³-hybridized carbons (Fsp3) is 0.176. The molecule has 5 nitrogen and oxygen atoms in total. The monoisotopic (exact) mass is 418 g/mol.